The van der Waals surface area contributed by atoms with Crippen LogP contribution >= 0.6 is 15.9 Å². The normalized spacial score (nSPS) is 16.7. The van der Waals surface area contributed by atoms with Gasteiger partial charge in [-0.25, -0.2) is 4.79 Å². The molecule has 2 rings (SSSR count). The first-order valence-electron chi connectivity index (χ1n) is 5.91. The summed E-state index contributed by atoms with van der Waals surface area (Å²) in [5, 5.41) is 0. The molecule has 1 atom stereocenters. The highest BCUT2D eigenvalue weighted by atomic mass is 79.9. The molecule has 0 bridgehead atoms. The van der Waals surface area contributed by atoms with E-state index in [1.807, 2.05) is 0 Å². The summed E-state index contributed by atoms with van der Waals surface area (Å²) >= 11 is 3.24. The number of aromatic nitrogens is 1. The smallest absolute Gasteiger partial charge is 0.355 e. The molecule has 1 saturated heterocycles. The maximum atomic E-state index is 11.9. The quantitative estimate of drug-likeness (QED) is 0.867. The molecule has 1 amide bonds. The lowest BCUT2D eigenvalue weighted by Gasteiger charge is -2.20. The lowest BCUT2D eigenvalue weighted by Crippen LogP contribution is -2.38. The third-order valence-electron chi connectivity index (χ3n) is 2.92. The van der Waals surface area contributed by atoms with Gasteiger partial charge in [0.25, 0.3) is 5.91 Å². The zero-order valence-electron chi connectivity index (χ0n) is 10.1. The van der Waals surface area contributed by atoms with Gasteiger partial charge in [-0.3, -0.25) is 4.79 Å². The van der Waals surface area contributed by atoms with Gasteiger partial charge in [-0.1, -0.05) is 0 Å². The van der Waals surface area contributed by atoms with Gasteiger partial charge in [0, 0.05) is 23.8 Å². The first-order valence-corrected chi connectivity index (χ1v) is 6.71. The average molecular weight is 315 g/mol. The molecule has 0 aliphatic carbocycles. The Balaban J connectivity index is 1.92. The highest BCUT2D eigenvalue weighted by Gasteiger charge is 2.26. The fourth-order valence-electron chi connectivity index (χ4n) is 1.95. The van der Waals surface area contributed by atoms with Crippen LogP contribution in [0.1, 0.15) is 30.3 Å². The maximum absolute atomic E-state index is 11.9. The number of rotatable bonds is 3. The lowest BCUT2D eigenvalue weighted by molar-refractivity contribution is -0.138. The third-order valence-corrected chi connectivity index (χ3v) is 3.37. The Bertz CT molecular complexity index is 452. The van der Waals surface area contributed by atoms with Crippen molar-refractivity contribution in [2.45, 2.75) is 25.9 Å². The Morgan fingerprint density at radius 1 is 1.44 bits per heavy atom. The number of esters is 1. The van der Waals surface area contributed by atoms with Gasteiger partial charge in [-0.2, -0.15) is 0 Å². The summed E-state index contributed by atoms with van der Waals surface area (Å²) in [6.07, 6.45) is 2.95. The second-order valence-electron chi connectivity index (χ2n) is 4.31. The van der Waals surface area contributed by atoms with E-state index in [4.69, 9.17) is 4.74 Å². The fourth-order valence-corrected chi connectivity index (χ4v) is 2.30. The summed E-state index contributed by atoms with van der Waals surface area (Å²) in [6.45, 7) is 3.13. The van der Waals surface area contributed by atoms with E-state index < -0.39 is 12.1 Å². The maximum Gasteiger partial charge on any atom is 0.355 e. The van der Waals surface area contributed by atoms with Gasteiger partial charge in [0.2, 0.25) is 0 Å². The van der Waals surface area contributed by atoms with Crippen molar-refractivity contribution in [2.75, 3.05) is 13.1 Å². The largest absolute Gasteiger partial charge is 0.448 e. The molecule has 1 aromatic rings. The molecule has 5 nitrogen and oxygen atoms in total. The molecule has 1 fully saturated rings. The summed E-state index contributed by atoms with van der Waals surface area (Å²) in [5.41, 5.74) is 0.336. The summed E-state index contributed by atoms with van der Waals surface area (Å²) in [6, 6.07) is 1.62. The number of H-pyrrole nitrogens is 1. The molecular weight excluding hydrogens is 300 g/mol. The van der Waals surface area contributed by atoms with E-state index in [1.165, 1.54) is 0 Å². The highest BCUT2D eigenvalue weighted by Crippen LogP contribution is 2.14. The number of hydrogen-bond acceptors (Lipinski definition) is 3. The molecular formula is C12H15BrN2O3. The number of carbonyl (C=O) groups excluding carboxylic acids is 2. The number of nitrogens with zero attached hydrogens (tertiary/aromatic N) is 1. The van der Waals surface area contributed by atoms with Gasteiger partial charge in [0.15, 0.2) is 6.10 Å². The molecule has 0 saturated carbocycles. The van der Waals surface area contributed by atoms with Crippen molar-refractivity contribution in [2.24, 2.45) is 0 Å². The standard InChI is InChI=1S/C12H15BrN2O3/c1-8(11(16)15-4-2-3-5-15)18-12(17)10-6-9(13)7-14-10/h6-8,14H,2-5H2,1H3/t8-/m0/s1. The van der Waals surface area contributed by atoms with Crippen LogP contribution in [0.15, 0.2) is 16.7 Å². The van der Waals surface area contributed by atoms with E-state index in [-0.39, 0.29) is 5.91 Å². The zero-order valence-corrected chi connectivity index (χ0v) is 11.7. The van der Waals surface area contributed by atoms with Crippen molar-refractivity contribution in [3.05, 3.63) is 22.4 Å². The summed E-state index contributed by atoms with van der Waals surface area (Å²) in [7, 11) is 0. The molecule has 2 heterocycles. The van der Waals surface area contributed by atoms with E-state index in [0.717, 1.165) is 30.4 Å². The monoisotopic (exact) mass is 314 g/mol. The van der Waals surface area contributed by atoms with Gasteiger partial charge in [-0.15, -0.1) is 0 Å². The molecule has 6 heteroatoms. The summed E-state index contributed by atoms with van der Waals surface area (Å²) in [5.74, 6) is -0.632. The van der Waals surface area contributed by atoms with Crippen LogP contribution in [0.25, 0.3) is 0 Å². The molecule has 1 aromatic heterocycles. The van der Waals surface area contributed by atoms with E-state index in [2.05, 4.69) is 20.9 Å². The van der Waals surface area contributed by atoms with E-state index >= 15 is 0 Å². The zero-order chi connectivity index (χ0) is 13.1. The second-order valence-corrected chi connectivity index (χ2v) is 5.23. The number of aromatic amines is 1. The molecule has 18 heavy (non-hydrogen) atoms. The Kier molecular flexibility index (Phi) is 4.06. The third kappa shape index (κ3) is 2.93. The number of nitrogens with one attached hydrogen (secondary N) is 1. The van der Waals surface area contributed by atoms with E-state index in [0.29, 0.717) is 5.69 Å². The van der Waals surface area contributed by atoms with Crippen LogP contribution < -0.4 is 0 Å². The molecule has 0 radical (unpaired) electrons. The number of halogens is 1. The Morgan fingerprint density at radius 2 is 2.11 bits per heavy atom. The second kappa shape index (κ2) is 5.56. The minimum absolute atomic E-state index is 0.119. The highest BCUT2D eigenvalue weighted by molar-refractivity contribution is 9.10. The topological polar surface area (TPSA) is 62.4 Å². The van der Waals surface area contributed by atoms with Crippen molar-refractivity contribution in [1.82, 2.24) is 9.88 Å². The van der Waals surface area contributed by atoms with Crippen LogP contribution in [-0.4, -0.2) is 41.0 Å². The number of carbonyl (C=O) groups is 2. The van der Waals surface area contributed by atoms with Crippen molar-refractivity contribution in [3.8, 4) is 0 Å². The van der Waals surface area contributed by atoms with Crippen molar-refractivity contribution in [3.63, 3.8) is 0 Å². The Labute approximate surface area is 114 Å². The van der Waals surface area contributed by atoms with Gasteiger partial charge in [-0.05, 0) is 41.8 Å². The first kappa shape index (κ1) is 13.1. The number of hydrogen-bond donors (Lipinski definition) is 1. The minimum Gasteiger partial charge on any atom is -0.448 e. The molecule has 98 valence electrons. The van der Waals surface area contributed by atoms with Gasteiger partial charge in [0.05, 0.1) is 0 Å². The number of ether oxygens (including phenoxy) is 1. The van der Waals surface area contributed by atoms with Crippen LogP contribution in [-0.2, 0) is 9.53 Å². The van der Waals surface area contributed by atoms with Crippen molar-refractivity contribution >= 4 is 27.8 Å². The molecule has 0 spiro atoms. The van der Waals surface area contributed by atoms with E-state index in [1.54, 1.807) is 24.1 Å². The van der Waals surface area contributed by atoms with E-state index in [9.17, 15) is 9.59 Å². The van der Waals surface area contributed by atoms with Crippen LogP contribution in [0.2, 0.25) is 0 Å². The van der Waals surface area contributed by atoms with Gasteiger partial charge < -0.3 is 14.6 Å². The SMILES string of the molecule is C[C@H](OC(=O)c1cc(Br)c[nH]1)C(=O)N1CCCC1. The molecule has 1 aliphatic heterocycles. The van der Waals surface area contributed by atoms with Crippen LogP contribution in [0.5, 0.6) is 0 Å². The average Bonchev–Trinajstić information content (AvgIpc) is 2.98. The molecule has 1 N–H and O–H groups in total. The van der Waals surface area contributed by atoms with Crippen LogP contribution in [0, 0.1) is 0 Å². The van der Waals surface area contributed by atoms with Crippen molar-refractivity contribution in [1.29, 1.82) is 0 Å². The Morgan fingerprint density at radius 3 is 2.67 bits per heavy atom. The first-order chi connectivity index (χ1) is 8.58. The van der Waals surface area contributed by atoms with Crippen molar-refractivity contribution < 1.29 is 14.3 Å². The van der Waals surface area contributed by atoms with Crippen LogP contribution in [0.4, 0.5) is 0 Å². The fraction of sp³-hybridized carbons (Fsp3) is 0.500. The molecule has 0 unspecified atom stereocenters. The number of likely N-dealkylation sites (tertiary alicyclic amines) is 1. The van der Waals surface area contributed by atoms with Crippen LogP contribution in [0.3, 0.4) is 0 Å². The molecule has 0 aromatic carbocycles. The minimum atomic E-state index is -0.738. The summed E-state index contributed by atoms with van der Waals surface area (Å²) in [4.78, 5) is 28.2. The summed E-state index contributed by atoms with van der Waals surface area (Å²) < 4.78 is 5.91. The molecule has 1 aliphatic rings. The van der Waals surface area contributed by atoms with Gasteiger partial charge >= 0.3 is 5.97 Å². The number of amides is 1. The van der Waals surface area contributed by atoms with Gasteiger partial charge in [0.1, 0.15) is 5.69 Å². The predicted octanol–water partition coefficient (Wildman–Crippen LogP) is 1.94. The lowest BCUT2D eigenvalue weighted by atomic mass is 10.3. The predicted molar refractivity (Wildman–Crippen MR) is 69.2 cm³/mol. The Hall–Kier alpha value is -1.30.